The van der Waals surface area contributed by atoms with Crippen LogP contribution < -0.4 is 4.74 Å². The van der Waals surface area contributed by atoms with Crippen molar-refractivity contribution in [2.24, 2.45) is 0 Å². The second-order valence-corrected chi connectivity index (χ2v) is 9.74. The van der Waals surface area contributed by atoms with Crippen LogP contribution in [0.4, 0.5) is 0 Å². The number of carbonyl (C=O) groups is 2. The average molecular weight is 471 g/mol. The fourth-order valence-electron chi connectivity index (χ4n) is 4.19. The van der Waals surface area contributed by atoms with Crippen molar-refractivity contribution in [3.05, 3.63) is 59.8 Å². The first-order chi connectivity index (χ1) is 15.9. The molecule has 0 saturated carbocycles. The fraction of sp³-hybridized carbons (Fsp3) is 0.333. The van der Waals surface area contributed by atoms with Crippen LogP contribution in [0.5, 0.6) is 5.75 Å². The molecule has 1 aliphatic heterocycles. The van der Waals surface area contributed by atoms with Crippen LogP contribution in [0, 0.1) is 0 Å². The zero-order chi connectivity index (χ0) is 23.6. The lowest BCUT2D eigenvalue weighted by Gasteiger charge is -2.22. The van der Waals surface area contributed by atoms with Gasteiger partial charge in [0.2, 0.25) is 0 Å². The average Bonchev–Trinajstić information content (AvgIpc) is 3.03. The molecule has 0 bridgehead atoms. The van der Waals surface area contributed by atoms with E-state index in [2.05, 4.69) is 0 Å². The molecule has 2 heterocycles. The van der Waals surface area contributed by atoms with Gasteiger partial charge in [0.05, 0.1) is 35.8 Å². The molecule has 3 aromatic rings. The van der Waals surface area contributed by atoms with Crippen molar-refractivity contribution < 1.29 is 27.5 Å². The Morgan fingerprint density at radius 3 is 2.27 bits per heavy atom. The molecule has 0 aliphatic carbocycles. The van der Waals surface area contributed by atoms with E-state index in [0.29, 0.717) is 29.7 Å². The van der Waals surface area contributed by atoms with Crippen LogP contribution in [-0.2, 0) is 14.8 Å². The van der Waals surface area contributed by atoms with Crippen LogP contribution in [0.15, 0.2) is 53.6 Å². The quantitative estimate of drug-likeness (QED) is 0.528. The van der Waals surface area contributed by atoms with E-state index in [1.807, 2.05) is 0 Å². The monoisotopic (exact) mass is 470 g/mol. The van der Waals surface area contributed by atoms with Gasteiger partial charge in [-0.25, -0.2) is 17.2 Å². The summed E-state index contributed by atoms with van der Waals surface area (Å²) in [4.78, 5) is 27.2. The summed E-state index contributed by atoms with van der Waals surface area (Å²) in [6.07, 6.45) is 5.22. The van der Waals surface area contributed by atoms with Crippen LogP contribution in [0.2, 0.25) is 0 Å². The van der Waals surface area contributed by atoms with Crippen molar-refractivity contribution in [3.63, 3.8) is 0 Å². The number of esters is 1. The third kappa shape index (κ3) is 4.20. The number of hydrogen-bond donors (Lipinski definition) is 0. The fourth-order valence-corrected chi connectivity index (χ4v) is 5.59. The highest BCUT2D eigenvalue weighted by Crippen LogP contribution is 2.30. The molecule has 174 valence electrons. The van der Waals surface area contributed by atoms with Gasteiger partial charge in [-0.2, -0.15) is 0 Å². The number of ether oxygens (including phenoxy) is 2. The number of aromatic nitrogens is 1. The van der Waals surface area contributed by atoms with E-state index in [-0.39, 0.29) is 21.9 Å². The Morgan fingerprint density at radius 2 is 1.61 bits per heavy atom. The first-order valence-electron chi connectivity index (χ1n) is 10.8. The van der Waals surface area contributed by atoms with Crippen molar-refractivity contribution in [1.82, 2.24) is 8.87 Å². The second kappa shape index (κ2) is 9.27. The number of nitrogens with zero attached hydrogens (tertiary/aromatic N) is 2. The van der Waals surface area contributed by atoms with Crippen LogP contribution in [0.1, 0.15) is 46.4 Å². The van der Waals surface area contributed by atoms with Crippen LogP contribution in [0.3, 0.4) is 0 Å². The van der Waals surface area contributed by atoms with Crippen molar-refractivity contribution in [3.8, 4) is 5.75 Å². The molecule has 2 aromatic carbocycles. The number of para-hydroxylation sites is 1. The Balaban J connectivity index is 1.82. The van der Waals surface area contributed by atoms with E-state index in [9.17, 15) is 18.0 Å². The zero-order valence-electron chi connectivity index (χ0n) is 18.6. The normalized spacial score (nSPS) is 14.7. The number of fused-ring (bicyclic) bond motifs is 1. The Kier molecular flexibility index (Phi) is 6.42. The van der Waals surface area contributed by atoms with Gasteiger partial charge in [0.15, 0.2) is 0 Å². The van der Waals surface area contributed by atoms with Gasteiger partial charge in [0, 0.05) is 24.7 Å². The lowest BCUT2D eigenvalue weighted by Crippen LogP contribution is -2.32. The molecule has 0 unspecified atom stereocenters. The summed E-state index contributed by atoms with van der Waals surface area (Å²) in [6.45, 7) is 1.26. The Hall–Kier alpha value is -3.33. The molecule has 0 atom stereocenters. The highest BCUT2D eigenvalue weighted by Gasteiger charge is 2.27. The highest BCUT2D eigenvalue weighted by molar-refractivity contribution is 7.90. The topological polar surface area (TPSA) is 94.9 Å². The third-order valence-electron chi connectivity index (χ3n) is 5.93. The third-order valence-corrected chi connectivity index (χ3v) is 7.60. The number of rotatable bonds is 5. The van der Waals surface area contributed by atoms with Gasteiger partial charge >= 0.3 is 5.97 Å². The number of likely N-dealkylation sites (tertiary alicyclic amines) is 1. The molecular weight excluding hydrogens is 444 g/mol. The molecule has 0 radical (unpaired) electrons. The Bertz CT molecular complexity index is 1300. The molecule has 1 aliphatic rings. The van der Waals surface area contributed by atoms with Gasteiger partial charge in [-0.05, 0) is 37.1 Å². The predicted octanol–water partition coefficient (Wildman–Crippen LogP) is 3.69. The molecule has 1 fully saturated rings. The van der Waals surface area contributed by atoms with Gasteiger partial charge in [0.1, 0.15) is 5.75 Å². The minimum atomic E-state index is -4.12. The number of methoxy groups -OCH3 is 2. The molecular formula is C24H26N2O6S. The van der Waals surface area contributed by atoms with Gasteiger partial charge in [0.25, 0.3) is 15.9 Å². The standard InChI is InChI=1S/C24H26N2O6S/c1-31-22-12-11-17(15-19(22)23(27)25-13-7-3-4-8-14-25)33(29,30)26-16-20(24(28)32-2)18-9-5-6-10-21(18)26/h5-6,9-12,15-16H,3-4,7-8,13-14H2,1-2H3. The van der Waals surface area contributed by atoms with Gasteiger partial charge in [-0.15, -0.1) is 0 Å². The molecule has 1 amide bonds. The Morgan fingerprint density at radius 1 is 0.909 bits per heavy atom. The Labute approximate surface area is 192 Å². The van der Waals surface area contributed by atoms with Crippen LogP contribution in [0.25, 0.3) is 10.9 Å². The van der Waals surface area contributed by atoms with E-state index in [0.717, 1.165) is 29.7 Å². The summed E-state index contributed by atoms with van der Waals surface area (Å²) in [7, 11) is -1.43. The van der Waals surface area contributed by atoms with Gasteiger partial charge in [-0.1, -0.05) is 31.0 Å². The summed E-state index contributed by atoms with van der Waals surface area (Å²) in [5.41, 5.74) is 0.685. The summed E-state index contributed by atoms with van der Waals surface area (Å²) in [6, 6.07) is 10.9. The number of benzene rings is 2. The minimum absolute atomic E-state index is 0.0707. The predicted molar refractivity (Wildman–Crippen MR) is 123 cm³/mol. The van der Waals surface area contributed by atoms with Crippen LogP contribution in [-0.4, -0.2) is 56.5 Å². The summed E-state index contributed by atoms with van der Waals surface area (Å²) in [5, 5.41) is 0.460. The SMILES string of the molecule is COC(=O)c1cn(S(=O)(=O)c2ccc(OC)c(C(=O)N3CCCCCC3)c2)c2ccccc12. The molecule has 0 spiro atoms. The molecule has 1 aromatic heterocycles. The first kappa shape index (κ1) is 22.8. The lowest BCUT2D eigenvalue weighted by molar-refractivity contribution is 0.0602. The van der Waals surface area contributed by atoms with E-state index in [1.54, 1.807) is 29.2 Å². The second-order valence-electron chi connectivity index (χ2n) is 7.92. The minimum Gasteiger partial charge on any atom is -0.496 e. The molecule has 8 nitrogen and oxygen atoms in total. The van der Waals surface area contributed by atoms with Gasteiger partial charge < -0.3 is 14.4 Å². The molecule has 33 heavy (non-hydrogen) atoms. The number of carbonyl (C=O) groups excluding carboxylic acids is 2. The molecule has 1 saturated heterocycles. The van der Waals surface area contributed by atoms with E-state index < -0.39 is 16.0 Å². The maximum atomic E-state index is 13.6. The first-order valence-corrected chi connectivity index (χ1v) is 12.2. The molecule has 4 rings (SSSR count). The van der Waals surface area contributed by atoms with Crippen molar-refractivity contribution in [1.29, 1.82) is 0 Å². The summed E-state index contributed by atoms with van der Waals surface area (Å²) >= 11 is 0. The van der Waals surface area contributed by atoms with Crippen molar-refractivity contribution in [2.45, 2.75) is 30.6 Å². The van der Waals surface area contributed by atoms with Crippen molar-refractivity contribution in [2.75, 3.05) is 27.3 Å². The smallest absolute Gasteiger partial charge is 0.340 e. The van der Waals surface area contributed by atoms with E-state index in [1.165, 1.54) is 38.6 Å². The maximum absolute atomic E-state index is 13.6. The van der Waals surface area contributed by atoms with Crippen molar-refractivity contribution >= 4 is 32.8 Å². The number of hydrogen-bond acceptors (Lipinski definition) is 6. The number of amides is 1. The largest absolute Gasteiger partial charge is 0.496 e. The van der Waals surface area contributed by atoms with E-state index in [4.69, 9.17) is 9.47 Å². The summed E-state index contributed by atoms with van der Waals surface area (Å²) < 4.78 is 38.5. The zero-order valence-corrected chi connectivity index (χ0v) is 19.4. The van der Waals surface area contributed by atoms with E-state index >= 15 is 0 Å². The lowest BCUT2D eigenvalue weighted by atomic mass is 10.1. The molecule has 9 heteroatoms. The highest BCUT2D eigenvalue weighted by atomic mass is 32.2. The van der Waals surface area contributed by atoms with Crippen LogP contribution >= 0.6 is 0 Å². The van der Waals surface area contributed by atoms with Gasteiger partial charge in [-0.3, -0.25) is 4.79 Å². The maximum Gasteiger partial charge on any atom is 0.340 e. The molecule has 0 N–H and O–H groups in total. The summed E-state index contributed by atoms with van der Waals surface area (Å²) in [5.74, 6) is -0.568.